The first-order valence-electron chi connectivity index (χ1n) is 4.44. The number of rotatable bonds is 4. The maximum absolute atomic E-state index is 13.7. The highest BCUT2D eigenvalue weighted by molar-refractivity contribution is 5.90. The third kappa shape index (κ3) is 3.19. The minimum absolute atomic E-state index is 0.0781. The van der Waals surface area contributed by atoms with Gasteiger partial charge < -0.3 is 10.4 Å². The second kappa shape index (κ2) is 4.72. The minimum atomic E-state index is -2.16. The van der Waals surface area contributed by atoms with Crippen LogP contribution in [0.25, 0.3) is 0 Å². The summed E-state index contributed by atoms with van der Waals surface area (Å²) in [5.41, 5.74) is -2.16. The van der Waals surface area contributed by atoms with Gasteiger partial charge in [-0.1, -0.05) is 12.2 Å². The molecule has 1 rings (SSSR count). The van der Waals surface area contributed by atoms with E-state index in [0.717, 1.165) is 12.2 Å². The Morgan fingerprint density at radius 3 is 2.47 bits per heavy atom. The van der Waals surface area contributed by atoms with Crippen molar-refractivity contribution in [2.75, 3.05) is 6.54 Å². The fourth-order valence-electron chi connectivity index (χ4n) is 1.08. The van der Waals surface area contributed by atoms with E-state index in [9.17, 15) is 14.0 Å². The molecule has 0 aromatic heterocycles. The molecular weight excluding hydrogens is 201 g/mol. The molecule has 5 heteroatoms. The molecule has 0 heterocycles. The predicted molar refractivity (Wildman–Crippen MR) is 51.7 cm³/mol. The van der Waals surface area contributed by atoms with Crippen LogP contribution in [-0.2, 0) is 9.59 Å². The summed E-state index contributed by atoms with van der Waals surface area (Å²) in [6, 6.07) is 0. The molecule has 0 spiro atoms. The molecule has 0 fully saturated rings. The third-order valence-electron chi connectivity index (χ3n) is 1.87. The third-order valence-corrected chi connectivity index (χ3v) is 1.87. The number of hydrogen-bond acceptors (Lipinski definition) is 2. The Kier molecular flexibility index (Phi) is 3.60. The molecule has 1 aliphatic carbocycles. The van der Waals surface area contributed by atoms with Gasteiger partial charge in [-0.2, -0.15) is 0 Å². The number of carboxylic acids is 1. The van der Waals surface area contributed by atoms with Crippen molar-refractivity contribution in [2.45, 2.75) is 12.1 Å². The van der Waals surface area contributed by atoms with Crippen LogP contribution in [0.15, 0.2) is 24.3 Å². The van der Waals surface area contributed by atoms with Crippen molar-refractivity contribution in [3.8, 4) is 0 Å². The largest absolute Gasteiger partial charge is 0.481 e. The van der Waals surface area contributed by atoms with Gasteiger partial charge in [0.05, 0.1) is 6.42 Å². The highest BCUT2D eigenvalue weighted by Crippen LogP contribution is 2.19. The summed E-state index contributed by atoms with van der Waals surface area (Å²) in [4.78, 5) is 21.5. The quantitative estimate of drug-likeness (QED) is 0.717. The van der Waals surface area contributed by atoms with E-state index in [1.807, 2.05) is 0 Å². The van der Waals surface area contributed by atoms with Crippen LogP contribution in [0.5, 0.6) is 0 Å². The predicted octanol–water partition coefficient (Wildman–Crippen LogP) is 0.616. The Labute approximate surface area is 86.5 Å². The number of hydrogen-bond donors (Lipinski definition) is 2. The van der Waals surface area contributed by atoms with E-state index in [1.54, 1.807) is 6.42 Å². The van der Waals surface area contributed by atoms with Crippen LogP contribution in [0.1, 0.15) is 6.42 Å². The molecule has 0 aromatic rings. The van der Waals surface area contributed by atoms with Gasteiger partial charge in [-0.25, -0.2) is 4.39 Å². The lowest BCUT2D eigenvalue weighted by atomic mass is 9.99. The Bertz CT molecular complexity index is 311. The lowest BCUT2D eigenvalue weighted by Crippen LogP contribution is -2.41. The maximum Gasteiger partial charge on any atom is 0.305 e. The molecule has 0 aliphatic heterocycles. The average Bonchev–Trinajstić information content (AvgIpc) is 2.18. The zero-order chi connectivity index (χ0) is 11.3. The Hall–Kier alpha value is -1.65. The summed E-state index contributed by atoms with van der Waals surface area (Å²) < 4.78 is 13.7. The second-order valence-electron chi connectivity index (χ2n) is 3.08. The van der Waals surface area contributed by atoms with Gasteiger partial charge in [0.25, 0.3) is 5.91 Å². The number of alkyl halides is 1. The van der Waals surface area contributed by atoms with Crippen molar-refractivity contribution in [3.63, 3.8) is 0 Å². The molecule has 0 unspecified atom stereocenters. The van der Waals surface area contributed by atoms with Crippen molar-refractivity contribution in [1.29, 1.82) is 0 Å². The van der Waals surface area contributed by atoms with Crippen molar-refractivity contribution < 1.29 is 19.1 Å². The molecule has 1 aliphatic rings. The van der Waals surface area contributed by atoms with Crippen LogP contribution < -0.4 is 5.32 Å². The minimum Gasteiger partial charge on any atom is -0.481 e. The molecule has 0 saturated carbocycles. The molecule has 81 valence electrons. The summed E-state index contributed by atoms with van der Waals surface area (Å²) in [6.45, 7) is -0.0781. The van der Waals surface area contributed by atoms with Crippen LogP contribution in [0, 0.1) is 6.42 Å². The number of halogens is 1. The van der Waals surface area contributed by atoms with Gasteiger partial charge in [0.15, 0.2) is 0 Å². The van der Waals surface area contributed by atoms with Crippen molar-refractivity contribution in [3.05, 3.63) is 30.7 Å². The van der Waals surface area contributed by atoms with Crippen LogP contribution in [-0.4, -0.2) is 29.2 Å². The van der Waals surface area contributed by atoms with E-state index in [1.165, 1.54) is 12.2 Å². The summed E-state index contributed by atoms with van der Waals surface area (Å²) in [5.74, 6) is -1.88. The summed E-state index contributed by atoms with van der Waals surface area (Å²) in [5, 5.41) is 10.5. The molecule has 0 aromatic carbocycles. The monoisotopic (exact) mass is 212 g/mol. The highest BCUT2D eigenvalue weighted by Gasteiger charge is 2.33. The Morgan fingerprint density at radius 1 is 1.33 bits per heavy atom. The van der Waals surface area contributed by atoms with Gasteiger partial charge in [-0.3, -0.25) is 9.59 Å². The number of carbonyl (C=O) groups excluding carboxylic acids is 1. The maximum atomic E-state index is 13.7. The first kappa shape index (κ1) is 11.4. The van der Waals surface area contributed by atoms with E-state index in [0.29, 0.717) is 0 Å². The molecule has 15 heavy (non-hydrogen) atoms. The molecule has 1 amide bonds. The number of aliphatic carboxylic acids is 1. The van der Waals surface area contributed by atoms with E-state index < -0.39 is 17.5 Å². The highest BCUT2D eigenvalue weighted by atomic mass is 19.1. The fourth-order valence-corrected chi connectivity index (χ4v) is 1.08. The second-order valence-corrected chi connectivity index (χ2v) is 3.08. The van der Waals surface area contributed by atoms with Crippen molar-refractivity contribution in [2.24, 2.45) is 0 Å². The number of amides is 1. The van der Waals surface area contributed by atoms with Crippen LogP contribution >= 0.6 is 0 Å². The summed E-state index contributed by atoms with van der Waals surface area (Å²) in [6.07, 6.45) is 6.46. The zero-order valence-corrected chi connectivity index (χ0v) is 7.94. The number of allylic oxidation sites excluding steroid dienone is 2. The topological polar surface area (TPSA) is 66.4 Å². The fraction of sp³-hybridized carbons (Fsp3) is 0.300. The average molecular weight is 212 g/mol. The Morgan fingerprint density at radius 2 is 1.93 bits per heavy atom. The van der Waals surface area contributed by atoms with Gasteiger partial charge in [0.1, 0.15) is 0 Å². The molecule has 0 saturated heterocycles. The molecule has 2 N–H and O–H groups in total. The molecular formula is C10H11FNO3. The van der Waals surface area contributed by atoms with Crippen LogP contribution in [0.4, 0.5) is 4.39 Å². The number of carbonyl (C=O) groups is 2. The van der Waals surface area contributed by atoms with Crippen LogP contribution in [0.2, 0.25) is 0 Å². The molecule has 0 bridgehead atoms. The number of nitrogens with one attached hydrogen (secondary N) is 1. The van der Waals surface area contributed by atoms with Crippen LogP contribution in [0.3, 0.4) is 0 Å². The summed E-state index contributed by atoms with van der Waals surface area (Å²) >= 11 is 0. The summed E-state index contributed by atoms with van der Waals surface area (Å²) in [7, 11) is 0. The normalized spacial score (nSPS) is 17.4. The van der Waals surface area contributed by atoms with Gasteiger partial charge in [0, 0.05) is 13.0 Å². The van der Waals surface area contributed by atoms with E-state index in [-0.39, 0.29) is 13.0 Å². The van der Waals surface area contributed by atoms with Gasteiger partial charge >= 0.3 is 5.97 Å². The Balaban J connectivity index is 2.45. The first-order valence-corrected chi connectivity index (χ1v) is 4.44. The smallest absolute Gasteiger partial charge is 0.305 e. The standard InChI is InChI=1S/C10H11FNO3/c11-10(5-2-1-3-6-10)9(15)12-7-4-8(13)14/h1-3,5-6H,4,7H2,(H,12,15)(H,13,14). The molecule has 0 atom stereocenters. The van der Waals surface area contributed by atoms with Crippen molar-refractivity contribution >= 4 is 11.9 Å². The molecule has 4 nitrogen and oxygen atoms in total. The van der Waals surface area contributed by atoms with E-state index in [4.69, 9.17) is 5.11 Å². The zero-order valence-electron chi connectivity index (χ0n) is 7.94. The lowest BCUT2D eigenvalue weighted by Gasteiger charge is -2.18. The SMILES string of the molecule is O=C(O)CCNC(=O)C1(F)C=C[CH]C=C1. The number of carboxylic acid groups (broad SMARTS) is 1. The van der Waals surface area contributed by atoms with Gasteiger partial charge in [-0.15, -0.1) is 0 Å². The molecule has 1 radical (unpaired) electrons. The first-order chi connectivity index (χ1) is 7.04. The lowest BCUT2D eigenvalue weighted by molar-refractivity contribution is -0.137. The van der Waals surface area contributed by atoms with E-state index in [2.05, 4.69) is 5.32 Å². The van der Waals surface area contributed by atoms with E-state index >= 15 is 0 Å². The van der Waals surface area contributed by atoms with Gasteiger partial charge in [0.2, 0.25) is 5.67 Å². The van der Waals surface area contributed by atoms with Gasteiger partial charge in [-0.05, 0) is 12.2 Å². The van der Waals surface area contributed by atoms with Crippen molar-refractivity contribution in [1.82, 2.24) is 5.32 Å².